The van der Waals surface area contributed by atoms with Gasteiger partial charge in [-0.05, 0) is 56.6 Å². The quantitative estimate of drug-likeness (QED) is 0.887. The maximum Gasteiger partial charge on any atom is 0.123 e. The number of likely N-dealkylation sites (tertiary alicyclic amines) is 1. The fourth-order valence-electron chi connectivity index (χ4n) is 2.66. The maximum absolute atomic E-state index is 13.3. The molecule has 0 saturated carbocycles. The molecule has 0 spiro atoms. The molecule has 1 aliphatic heterocycles. The molecule has 106 valence electrons. The van der Waals surface area contributed by atoms with E-state index in [2.05, 4.69) is 16.8 Å². The lowest BCUT2D eigenvalue weighted by atomic mass is 10.1. The lowest BCUT2D eigenvalue weighted by Gasteiger charge is -2.26. The molecule has 4 heteroatoms. The van der Waals surface area contributed by atoms with Gasteiger partial charge in [-0.15, -0.1) is 0 Å². The zero-order valence-corrected chi connectivity index (χ0v) is 11.9. The zero-order valence-electron chi connectivity index (χ0n) is 11.9. The van der Waals surface area contributed by atoms with Gasteiger partial charge in [0.05, 0.1) is 0 Å². The van der Waals surface area contributed by atoms with E-state index in [1.165, 1.54) is 32.0 Å². The molecule has 1 saturated heterocycles. The van der Waals surface area contributed by atoms with Crippen molar-refractivity contribution in [3.63, 3.8) is 0 Å². The van der Waals surface area contributed by atoms with Crippen LogP contribution in [0.25, 0.3) is 0 Å². The molecule has 3 nitrogen and oxygen atoms in total. The number of anilines is 1. The third-order valence-electron chi connectivity index (χ3n) is 3.84. The number of rotatable bonds is 5. The van der Waals surface area contributed by atoms with Gasteiger partial charge in [0.1, 0.15) is 5.82 Å². The summed E-state index contributed by atoms with van der Waals surface area (Å²) in [5.74, 6) is -0.219. The number of likely N-dealkylation sites (N-methyl/N-ethyl adjacent to an activating group) is 1. The maximum atomic E-state index is 13.3. The molecule has 0 amide bonds. The van der Waals surface area contributed by atoms with Crippen molar-refractivity contribution in [2.24, 2.45) is 5.73 Å². The van der Waals surface area contributed by atoms with Gasteiger partial charge in [-0.3, -0.25) is 0 Å². The van der Waals surface area contributed by atoms with Crippen LogP contribution in [0.15, 0.2) is 18.2 Å². The molecule has 1 aromatic carbocycles. The van der Waals surface area contributed by atoms with Crippen LogP contribution in [0.3, 0.4) is 0 Å². The lowest BCUT2D eigenvalue weighted by Crippen LogP contribution is -2.32. The highest BCUT2D eigenvalue weighted by Crippen LogP contribution is 2.25. The minimum atomic E-state index is -0.219. The number of nitrogens with zero attached hydrogens (tertiary/aromatic N) is 2. The van der Waals surface area contributed by atoms with Crippen molar-refractivity contribution in [1.29, 1.82) is 0 Å². The molecule has 1 atom stereocenters. The van der Waals surface area contributed by atoms with E-state index in [0.717, 1.165) is 24.3 Å². The predicted octanol–water partition coefficient (Wildman–Crippen LogP) is 2.38. The molecule has 0 radical (unpaired) electrons. The monoisotopic (exact) mass is 265 g/mol. The number of benzene rings is 1. The van der Waals surface area contributed by atoms with Crippen LogP contribution < -0.4 is 10.6 Å². The highest BCUT2D eigenvalue weighted by atomic mass is 19.1. The van der Waals surface area contributed by atoms with Crippen molar-refractivity contribution < 1.29 is 4.39 Å². The number of nitrogens with two attached hydrogens (primary N) is 1. The van der Waals surface area contributed by atoms with E-state index in [1.54, 1.807) is 6.07 Å². The minimum absolute atomic E-state index is 0.153. The molecule has 0 aliphatic carbocycles. The Kier molecular flexibility index (Phi) is 4.77. The van der Waals surface area contributed by atoms with Crippen molar-refractivity contribution in [2.75, 3.05) is 38.1 Å². The summed E-state index contributed by atoms with van der Waals surface area (Å²) in [6, 6.07) is 4.73. The van der Waals surface area contributed by atoms with Crippen LogP contribution in [-0.4, -0.2) is 38.1 Å². The van der Waals surface area contributed by atoms with Crippen molar-refractivity contribution >= 4 is 5.69 Å². The Balaban J connectivity index is 2.02. The summed E-state index contributed by atoms with van der Waals surface area (Å²) in [7, 11) is 2.05. The van der Waals surface area contributed by atoms with Gasteiger partial charge in [-0.25, -0.2) is 4.39 Å². The molecule has 0 aromatic heterocycles. The van der Waals surface area contributed by atoms with Gasteiger partial charge in [0.25, 0.3) is 0 Å². The van der Waals surface area contributed by atoms with E-state index in [1.807, 2.05) is 13.0 Å². The topological polar surface area (TPSA) is 32.5 Å². The standard InChI is InChI=1S/C15H24FN3/c1-12(17)14-11-13(16)5-6-15(14)18(2)9-10-19-7-3-4-8-19/h5-6,11-12H,3-4,7-10,17H2,1-2H3. The fraction of sp³-hybridized carbons (Fsp3) is 0.600. The molecule has 1 heterocycles. The summed E-state index contributed by atoms with van der Waals surface area (Å²) in [6.07, 6.45) is 2.62. The Morgan fingerprint density at radius 3 is 2.68 bits per heavy atom. The molecule has 19 heavy (non-hydrogen) atoms. The summed E-state index contributed by atoms with van der Waals surface area (Å²) in [4.78, 5) is 4.65. The van der Waals surface area contributed by atoms with Crippen LogP contribution in [-0.2, 0) is 0 Å². The third kappa shape index (κ3) is 3.67. The van der Waals surface area contributed by atoms with Gasteiger partial charge >= 0.3 is 0 Å². The van der Waals surface area contributed by atoms with E-state index in [-0.39, 0.29) is 11.9 Å². The number of hydrogen-bond donors (Lipinski definition) is 1. The molecular formula is C15H24FN3. The molecule has 1 fully saturated rings. The van der Waals surface area contributed by atoms with Crippen LogP contribution in [0.1, 0.15) is 31.4 Å². The average molecular weight is 265 g/mol. The smallest absolute Gasteiger partial charge is 0.123 e. The predicted molar refractivity (Wildman–Crippen MR) is 77.9 cm³/mol. The van der Waals surface area contributed by atoms with Crippen LogP contribution >= 0.6 is 0 Å². The Morgan fingerprint density at radius 2 is 2.05 bits per heavy atom. The first-order valence-electron chi connectivity index (χ1n) is 7.06. The van der Waals surface area contributed by atoms with E-state index in [9.17, 15) is 4.39 Å². The largest absolute Gasteiger partial charge is 0.373 e. The van der Waals surface area contributed by atoms with E-state index in [4.69, 9.17) is 5.73 Å². The van der Waals surface area contributed by atoms with Crippen LogP contribution in [0, 0.1) is 5.82 Å². The van der Waals surface area contributed by atoms with E-state index >= 15 is 0 Å². The summed E-state index contributed by atoms with van der Waals surface area (Å²) in [6.45, 7) is 6.32. The third-order valence-corrected chi connectivity index (χ3v) is 3.84. The van der Waals surface area contributed by atoms with Crippen molar-refractivity contribution in [2.45, 2.75) is 25.8 Å². The second-order valence-corrected chi connectivity index (χ2v) is 5.46. The van der Waals surface area contributed by atoms with Gasteiger partial charge in [0.2, 0.25) is 0 Å². The van der Waals surface area contributed by atoms with Gasteiger partial charge in [-0.1, -0.05) is 0 Å². The first-order valence-corrected chi connectivity index (χ1v) is 7.06. The molecule has 1 unspecified atom stereocenters. The molecule has 2 rings (SSSR count). The van der Waals surface area contributed by atoms with E-state index in [0.29, 0.717) is 0 Å². The summed E-state index contributed by atoms with van der Waals surface area (Å²) in [5, 5.41) is 0. The summed E-state index contributed by atoms with van der Waals surface area (Å²) < 4.78 is 13.3. The van der Waals surface area contributed by atoms with Crippen LogP contribution in [0.5, 0.6) is 0 Å². The Morgan fingerprint density at radius 1 is 1.37 bits per heavy atom. The normalized spacial score (nSPS) is 17.7. The highest BCUT2D eigenvalue weighted by molar-refractivity contribution is 5.54. The van der Waals surface area contributed by atoms with Gasteiger partial charge in [0, 0.05) is 31.9 Å². The van der Waals surface area contributed by atoms with Crippen LogP contribution in [0.2, 0.25) is 0 Å². The van der Waals surface area contributed by atoms with Gasteiger partial charge in [-0.2, -0.15) is 0 Å². The molecule has 1 aliphatic rings. The first-order chi connectivity index (χ1) is 9.08. The minimum Gasteiger partial charge on any atom is -0.373 e. The first kappa shape index (κ1) is 14.3. The molecule has 2 N–H and O–H groups in total. The van der Waals surface area contributed by atoms with Gasteiger partial charge < -0.3 is 15.5 Å². The SMILES string of the molecule is CC(N)c1cc(F)ccc1N(C)CCN1CCCC1. The Labute approximate surface area is 115 Å². The van der Waals surface area contributed by atoms with Crippen molar-refractivity contribution in [3.8, 4) is 0 Å². The van der Waals surface area contributed by atoms with Gasteiger partial charge in [0.15, 0.2) is 0 Å². The highest BCUT2D eigenvalue weighted by Gasteiger charge is 2.15. The average Bonchev–Trinajstić information content (AvgIpc) is 2.88. The second kappa shape index (κ2) is 6.35. The fourth-order valence-corrected chi connectivity index (χ4v) is 2.66. The summed E-state index contributed by atoms with van der Waals surface area (Å²) in [5.41, 5.74) is 7.85. The second-order valence-electron chi connectivity index (χ2n) is 5.46. The van der Waals surface area contributed by atoms with Crippen LogP contribution in [0.4, 0.5) is 10.1 Å². The number of hydrogen-bond acceptors (Lipinski definition) is 3. The molecule has 0 bridgehead atoms. The van der Waals surface area contributed by atoms with Crippen molar-refractivity contribution in [3.05, 3.63) is 29.6 Å². The lowest BCUT2D eigenvalue weighted by molar-refractivity contribution is 0.346. The Hall–Kier alpha value is -1.13. The van der Waals surface area contributed by atoms with E-state index < -0.39 is 0 Å². The zero-order chi connectivity index (χ0) is 13.8. The molecule has 1 aromatic rings. The number of halogens is 1. The molecular weight excluding hydrogens is 241 g/mol. The van der Waals surface area contributed by atoms with Crippen molar-refractivity contribution in [1.82, 2.24) is 4.90 Å². The summed E-state index contributed by atoms with van der Waals surface area (Å²) >= 11 is 0. The Bertz CT molecular complexity index is 414.